The molecule has 5 nitrogen and oxygen atoms in total. The third kappa shape index (κ3) is 5.65. The molecule has 0 aromatic heterocycles. The van der Waals surface area contributed by atoms with E-state index >= 15 is 0 Å². The SMILES string of the molecule is CC1CCN(S(=O)(=O)NCCCNC(C)C)CC1. The molecule has 0 amide bonds. The van der Waals surface area contributed by atoms with Crippen LogP contribution in [0.5, 0.6) is 0 Å². The van der Waals surface area contributed by atoms with Gasteiger partial charge in [0.2, 0.25) is 0 Å². The zero-order chi connectivity index (χ0) is 13.6. The second-order valence-electron chi connectivity index (χ2n) is 5.44. The lowest BCUT2D eigenvalue weighted by atomic mass is 10.0. The number of hydrogen-bond acceptors (Lipinski definition) is 3. The van der Waals surface area contributed by atoms with Crippen LogP contribution in [0.1, 0.15) is 40.0 Å². The van der Waals surface area contributed by atoms with Gasteiger partial charge in [-0.1, -0.05) is 20.8 Å². The van der Waals surface area contributed by atoms with Crippen molar-refractivity contribution in [3.63, 3.8) is 0 Å². The minimum atomic E-state index is -3.25. The molecule has 6 heteroatoms. The molecule has 1 aliphatic rings. The Kier molecular flexibility index (Phi) is 6.55. The van der Waals surface area contributed by atoms with Crippen molar-refractivity contribution in [2.45, 2.75) is 46.1 Å². The van der Waals surface area contributed by atoms with Crippen molar-refractivity contribution in [1.29, 1.82) is 0 Å². The molecule has 0 aromatic carbocycles. The van der Waals surface area contributed by atoms with Crippen LogP contribution in [0, 0.1) is 5.92 Å². The van der Waals surface area contributed by atoms with Gasteiger partial charge in [-0.15, -0.1) is 0 Å². The van der Waals surface area contributed by atoms with E-state index < -0.39 is 10.2 Å². The normalized spacial score (nSPS) is 19.6. The molecule has 108 valence electrons. The maximum Gasteiger partial charge on any atom is 0.279 e. The first-order valence-electron chi connectivity index (χ1n) is 6.90. The lowest BCUT2D eigenvalue weighted by Gasteiger charge is -2.29. The molecule has 1 aliphatic heterocycles. The van der Waals surface area contributed by atoms with E-state index in [-0.39, 0.29) is 0 Å². The molecule has 18 heavy (non-hydrogen) atoms. The maximum absolute atomic E-state index is 12.0. The monoisotopic (exact) mass is 277 g/mol. The Morgan fingerprint density at radius 2 is 1.83 bits per heavy atom. The Labute approximate surface area is 112 Å². The molecular weight excluding hydrogens is 250 g/mol. The highest BCUT2D eigenvalue weighted by Crippen LogP contribution is 2.17. The second kappa shape index (κ2) is 7.43. The van der Waals surface area contributed by atoms with Crippen molar-refractivity contribution in [1.82, 2.24) is 14.3 Å². The summed E-state index contributed by atoms with van der Waals surface area (Å²) in [7, 11) is -3.25. The summed E-state index contributed by atoms with van der Waals surface area (Å²) in [4.78, 5) is 0. The lowest BCUT2D eigenvalue weighted by molar-refractivity contribution is 0.285. The minimum Gasteiger partial charge on any atom is -0.314 e. The summed E-state index contributed by atoms with van der Waals surface area (Å²) in [6.45, 7) is 9.00. The predicted molar refractivity (Wildman–Crippen MR) is 74.6 cm³/mol. The average molecular weight is 277 g/mol. The number of nitrogens with zero attached hydrogens (tertiary/aromatic N) is 1. The molecule has 0 radical (unpaired) electrons. The van der Waals surface area contributed by atoms with Gasteiger partial charge in [0.05, 0.1) is 0 Å². The van der Waals surface area contributed by atoms with Gasteiger partial charge in [0.1, 0.15) is 0 Å². The fraction of sp³-hybridized carbons (Fsp3) is 1.00. The highest BCUT2D eigenvalue weighted by molar-refractivity contribution is 7.87. The van der Waals surface area contributed by atoms with E-state index in [2.05, 4.69) is 30.8 Å². The molecule has 1 heterocycles. The van der Waals surface area contributed by atoms with Crippen LogP contribution in [0.4, 0.5) is 0 Å². The Morgan fingerprint density at radius 1 is 1.22 bits per heavy atom. The molecule has 0 saturated carbocycles. The minimum absolute atomic E-state index is 0.449. The summed E-state index contributed by atoms with van der Waals surface area (Å²) in [5.41, 5.74) is 0. The van der Waals surface area contributed by atoms with Crippen LogP contribution in [0.15, 0.2) is 0 Å². The van der Waals surface area contributed by atoms with Crippen LogP contribution >= 0.6 is 0 Å². The first-order valence-corrected chi connectivity index (χ1v) is 8.34. The molecular formula is C12H27N3O2S. The van der Waals surface area contributed by atoms with Gasteiger partial charge in [-0.25, -0.2) is 4.72 Å². The van der Waals surface area contributed by atoms with Gasteiger partial charge < -0.3 is 5.32 Å². The fourth-order valence-corrected chi connectivity index (χ4v) is 3.27. The Morgan fingerprint density at radius 3 is 2.39 bits per heavy atom. The largest absolute Gasteiger partial charge is 0.314 e. The van der Waals surface area contributed by atoms with Crippen molar-refractivity contribution in [2.75, 3.05) is 26.2 Å². The molecule has 0 aromatic rings. The predicted octanol–water partition coefficient (Wildman–Crippen LogP) is 0.941. The van der Waals surface area contributed by atoms with Gasteiger partial charge in [-0.3, -0.25) is 0 Å². The average Bonchev–Trinajstić information content (AvgIpc) is 2.28. The van der Waals surface area contributed by atoms with E-state index in [9.17, 15) is 8.42 Å². The van der Waals surface area contributed by atoms with Crippen LogP contribution < -0.4 is 10.0 Å². The first kappa shape index (κ1) is 15.9. The Balaban J connectivity index is 2.23. The molecule has 1 fully saturated rings. The van der Waals surface area contributed by atoms with Crippen molar-refractivity contribution < 1.29 is 8.42 Å². The van der Waals surface area contributed by atoms with E-state index in [1.807, 2.05) is 0 Å². The van der Waals surface area contributed by atoms with E-state index in [0.717, 1.165) is 25.8 Å². The fourth-order valence-electron chi connectivity index (χ4n) is 2.00. The molecule has 0 spiro atoms. The van der Waals surface area contributed by atoms with Gasteiger partial charge in [-0.05, 0) is 31.7 Å². The quantitative estimate of drug-likeness (QED) is 0.681. The molecule has 0 atom stereocenters. The highest BCUT2D eigenvalue weighted by atomic mass is 32.2. The highest BCUT2D eigenvalue weighted by Gasteiger charge is 2.25. The van der Waals surface area contributed by atoms with Gasteiger partial charge in [0, 0.05) is 25.7 Å². The summed E-state index contributed by atoms with van der Waals surface area (Å²) in [5.74, 6) is 0.645. The topological polar surface area (TPSA) is 61.4 Å². The van der Waals surface area contributed by atoms with Gasteiger partial charge >= 0.3 is 0 Å². The Hall–Kier alpha value is -0.170. The van der Waals surface area contributed by atoms with Crippen LogP contribution in [-0.4, -0.2) is 44.9 Å². The smallest absolute Gasteiger partial charge is 0.279 e. The molecule has 1 saturated heterocycles. The summed E-state index contributed by atoms with van der Waals surface area (Å²) < 4.78 is 28.2. The zero-order valence-corrected chi connectivity index (χ0v) is 12.6. The van der Waals surface area contributed by atoms with E-state index in [4.69, 9.17) is 0 Å². The summed E-state index contributed by atoms with van der Waals surface area (Å²) in [6.07, 6.45) is 2.76. The number of nitrogens with one attached hydrogen (secondary N) is 2. The van der Waals surface area contributed by atoms with Crippen LogP contribution in [0.25, 0.3) is 0 Å². The third-order valence-electron chi connectivity index (χ3n) is 3.27. The van der Waals surface area contributed by atoms with Crippen molar-refractivity contribution in [2.24, 2.45) is 5.92 Å². The molecule has 0 unspecified atom stereocenters. The maximum atomic E-state index is 12.0. The first-order chi connectivity index (χ1) is 8.42. The Bertz CT molecular complexity index is 322. The van der Waals surface area contributed by atoms with Crippen LogP contribution in [0.2, 0.25) is 0 Å². The lowest BCUT2D eigenvalue weighted by Crippen LogP contribution is -2.45. The van der Waals surface area contributed by atoms with Crippen molar-refractivity contribution in [3.05, 3.63) is 0 Å². The van der Waals surface area contributed by atoms with Crippen LogP contribution in [0.3, 0.4) is 0 Å². The number of rotatable bonds is 7. The van der Waals surface area contributed by atoms with Crippen molar-refractivity contribution in [3.8, 4) is 0 Å². The number of hydrogen-bond donors (Lipinski definition) is 2. The van der Waals surface area contributed by atoms with Crippen LogP contribution in [-0.2, 0) is 10.2 Å². The molecule has 0 aliphatic carbocycles. The van der Waals surface area contributed by atoms with E-state index in [1.165, 1.54) is 0 Å². The summed E-state index contributed by atoms with van der Waals surface area (Å²) in [5, 5.41) is 3.27. The van der Waals surface area contributed by atoms with Crippen molar-refractivity contribution >= 4 is 10.2 Å². The molecule has 1 rings (SSSR count). The van der Waals surface area contributed by atoms with Gasteiger partial charge in [0.25, 0.3) is 10.2 Å². The van der Waals surface area contributed by atoms with E-state index in [0.29, 0.717) is 31.6 Å². The van der Waals surface area contributed by atoms with E-state index in [1.54, 1.807) is 4.31 Å². The van der Waals surface area contributed by atoms with Gasteiger partial charge in [-0.2, -0.15) is 12.7 Å². The second-order valence-corrected chi connectivity index (χ2v) is 7.20. The zero-order valence-electron chi connectivity index (χ0n) is 11.8. The molecule has 2 N–H and O–H groups in total. The standard InChI is InChI=1S/C12H27N3O2S/c1-11(2)13-7-4-8-14-18(16,17)15-9-5-12(3)6-10-15/h11-14H,4-10H2,1-3H3. The summed E-state index contributed by atoms with van der Waals surface area (Å²) in [6, 6.07) is 0.449. The van der Waals surface area contributed by atoms with Gasteiger partial charge in [0.15, 0.2) is 0 Å². The summed E-state index contributed by atoms with van der Waals surface area (Å²) >= 11 is 0. The number of piperidine rings is 1. The third-order valence-corrected chi connectivity index (χ3v) is 4.89. The molecule has 0 bridgehead atoms.